The van der Waals surface area contributed by atoms with Gasteiger partial charge in [-0.1, -0.05) is 36.4 Å². The van der Waals surface area contributed by atoms with Gasteiger partial charge in [0.15, 0.2) is 0 Å². The maximum Gasteiger partial charge on any atom is 0.274 e. The maximum atomic E-state index is 13.1. The highest BCUT2D eigenvalue weighted by Crippen LogP contribution is 2.35. The number of nitrogens with zero attached hydrogens (tertiary/aromatic N) is 1. The third-order valence-electron chi connectivity index (χ3n) is 5.84. The van der Waals surface area contributed by atoms with Gasteiger partial charge in [-0.25, -0.2) is 5.48 Å². The van der Waals surface area contributed by atoms with Gasteiger partial charge in [0.25, 0.3) is 5.91 Å². The Bertz CT molecular complexity index is 917. The highest BCUT2D eigenvalue weighted by Gasteiger charge is 2.39. The number of nitrogens with one attached hydrogen (secondary N) is 1. The Morgan fingerprint density at radius 3 is 2.65 bits per heavy atom. The van der Waals surface area contributed by atoms with Crippen LogP contribution in [0.25, 0.3) is 0 Å². The molecular formula is C23H28N2O5S. The van der Waals surface area contributed by atoms with Crippen molar-refractivity contribution in [3.05, 3.63) is 65.2 Å². The van der Waals surface area contributed by atoms with Gasteiger partial charge in [-0.05, 0) is 37.5 Å². The van der Waals surface area contributed by atoms with E-state index in [9.17, 15) is 9.59 Å². The summed E-state index contributed by atoms with van der Waals surface area (Å²) in [6.45, 7) is 3.32. The van der Waals surface area contributed by atoms with Crippen molar-refractivity contribution in [3.8, 4) is 5.75 Å². The SMILES string of the molecule is C[C@H]1COc2cc(C(=O)NO)ccc2CN1C(=O)C1CC(OCc2ccccc2)C1.S. The molecule has 4 rings (SSSR count). The lowest BCUT2D eigenvalue weighted by Gasteiger charge is -2.38. The second-order valence-electron chi connectivity index (χ2n) is 7.98. The van der Waals surface area contributed by atoms with Crippen LogP contribution in [0.5, 0.6) is 5.75 Å². The Labute approximate surface area is 188 Å². The van der Waals surface area contributed by atoms with Crippen LogP contribution < -0.4 is 10.2 Å². The number of amides is 2. The summed E-state index contributed by atoms with van der Waals surface area (Å²) in [7, 11) is 0. The molecule has 0 aromatic heterocycles. The molecule has 2 aromatic rings. The lowest BCUT2D eigenvalue weighted by Crippen LogP contribution is -2.48. The molecule has 166 valence electrons. The van der Waals surface area contributed by atoms with Gasteiger partial charge < -0.3 is 14.4 Å². The molecule has 1 aliphatic carbocycles. The minimum Gasteiger partial charge on any atom is -0.491 e. The molecule has 0 saturated heterocycles. The maximum absolute atomic E-state index is 13.1. The van der Waals surface area contributed by atoms with Crippen molar-refractivity contribution >= 4 is 25.3 Å². The quantitative estimate of drug-likeness (QED) is 0.547. The molecule has 1 aliphatic heterocycles. The predicted molar refractivity (Wildman–Crippen MR) is 119 cm³/mol. The number of ether oxygens (including phenoxy) is 2. The second kappa shape index (κ2) is 10.2. The van der Waals surface area contributed by atoms with Gasteiger partial charge in [0.1, 0.15) is 12.4 Å². The molecule has 8 heteroatoms. The largest absolute Gasteiger partial charge is 0.491 e. The number of carbonyl (C=O) groups is 2. The van der Waals surface area contributed by atoms with Gasteiger partial charge in [-0.15, -0.1) is 0 Å². The molecule has 0 bridgehead atoms. The molecule has 2 amide bonds. The van der Waals surface area contributed by atoms with Gasteiger partial charge in [0, 0.05) is 23.6 Å². The highest BCUT2D eigenvalue weighted by molar-refractivity contribution is 7.59. The summed E-state index contributed by atoms with van der Waals surface area (Å²) in [5.74, 6) is 0.0588. The Kier molecular flexibility index (Phi) is 7.59. The van der Waals surface area contributed by atoms with Crippen molar-refractivity contribution in [2.75, 3.05) is 6.61 Å². The first-order chi connectivity index (χ1) is 14.5. The predicted octanol–water partition coefficient (Wildman–Crippen LogP) is 3.02. The van der Waals surface area contributed by atoms with Crippen LogP contribution in [-0.4, -0.2) is 40.7 Å². The van der Waals surface area contributed by atoms with E-state index >= 15 is 0 Å². The van der Waals surface area contributed by atoms with Crippen LogP contribution in [0.15, 0.2) is 48.5 Å². The standard InChI is InChI=1S/C23H26N2O5.H2S/c1-15-13-30-21-11-17(22(26)24-28)7-8-18(21)12-25(15)23(27)19-9-20(10-19)29-14-16-5-3-2-4-6-16;/h2-8,11,15,19-20,28H,9-10,12-14H2,1H3,(H,24,26);1H2/t15-,19?,20?;/m0./s1. The van der Waals surface area contributed by atoms with Crippen LogP contribution in [0.2, 0.25) is 0 Å². The molecule has 1 saturated carbocycles. The van der Waals surface area contributed by atoms with E-state index in [1.165, 1.54) is 0 Å². The number of benzene rings is 2. The number of fused-ring (bicyclic) bond motifs is 1. The van der Waals surface area contributed by atoms with Crippen LogP contribution in [0, 0.1) is 5.92 Å². The molecule has 0 unspecified atom stereocenters. The van der Waals surface area contributed by atoms with E-state index in [-0.39, 0.29) is 37.5 Å². The molecule has 1 fully saturated rings. The van der Waals surface area contributed by atoms with Gasteiger partial charge in [-0.3, -0.25) is 14.8 Å². The Morgan fingerprint density at radius 2 is 1.94 bits per heavy atom. The van der Waals surface area contributed by atoms with Crippen LogP contribution in [0.1, 0.15) is 41.3 Å². The van der Waals surface area contributed by atoms with E-state index < -0.39 is 5.91 Å². The summed E-state index contributed by atoms with van der Waals surface area (Å²) in [6.07, 6.45) is 1.58. The van der Waals surface area contributed by atoms with E-state index in [4.69, 9.17) is 14.7 Å². The van der Waals surface area contributed by atoms with Gasteiger partial charge in [0.05, 0.1) is 18.8 Å². The molecule has 2 aromatic carbocycles. The van der Waals surface area contributed by atoms with Crippen molar-refractivity contribution in [3.63, 3.8) is 0 Å². The first kappa shape index (κ1) is 23.1. The van der Waals surface area contributed by atoms with Crippen molar-refractivity contribution in [1.82, 2.24) is 10.4 Å². The Balaban J connectivity index is 0.00000272. The smallest absolute Gasteiger partial charge is 0.274 e. The summed E-state index contributed by atoms with van der Waals surface area (Å²) < 4.78 is 11.8. The normalized spacial score (nSPS) is 22.1. The molecule has 1 heterocycles. The average molecular weight is 445 g/mol. The fourth-order valence-corrected chi connectivity index (χ4v) is 3.89. The van der Waals surface area contributed by atoms with E-state index in [1.54, 1.807) is 23.7 Å². The zero-order valence-electron chi connectivity index (χ0n) is 17.4. The van der Waals surface area contributed by atoms with E-state index in [1.807, 2.05) is 42.2 Å². The molecule has 31 heavy (non-hydrogen) atoms. The Hall–Kier alpha value is -2.55. The number of hydrogen-bond donors (Lipinski definition) is 2. The fourth-order valence-electron chi connectivity index (χ4n) is 3.89. The van der Waals surface area contributed by atoms with Crippen LogP contribution in [0.4, 0.5) is 0 Å². The number of hydroxylamine groups is 1. The molecule has 2 N–H and O–H groups in total. The third-order valence-corrected chi connectivity index (χ3v) is 5.84. The lowest BCUT2D eigenvalue weighted by atomic mass is 9.81. The molecule has 2 aliphatic rings. The molecule has 0 radical (unpaired) electrons. The fraction of sp³-hybridized carbons (Fsp3) is 0.391. The molecule has 7 nitrogen and oxygen atoms in total. The van der Waals surface area contributed by atoms with Gasteiger partial charge in [0.2, 0.25) is 5.91 Å². The number of rotatable bonds is 5. The monoisotopic (exact) mass is 444 g/mol. The van der Waals surface area contributed by atoms with Crippen molar-refractivity contribution in [2.24, 2.45) is 5.92 Å². The lowest BCUT2D eigenvalue weighted by molar-refractivity contribution is -0.148. The van der Waals surface area contributed by atoms with Crippen LogP contribution in [0.3, 0.4) is 0 Å². The highest BCUT2D eigenvalue weighted by atomic mass is 32.1. The minimum atomic E-state index is -0.595. The van der Waals surface area contributed by atoms with E-state index in [2.05, 4.69) is 0 Å². The van der Waals surface area contributed by atoms with Crippen molar-refractivity contribution in [1.29, 1.82) is 0 Å². The van der Waals surface area contributed by atoms with Crippen molar-refractivity contribution < 1.29 is 24.3 Å². The average Bonchev–Trinajstić information content (AvgIpc) is 2.91. The molecular weight excluding hydrogens is 416 g/mol. The topological polar surface area (TPSA) is 88.1 Å². The zero-order chi connectivity index (χ0) is 21.1. The second-order valence-corrected chi connectivity index (χ2v) is 7.98. The van der Waals surface area contributed by atoms with Gasteiger partial charge >= 0.3 is 0 Å². The first-order valence-electron chi connectivity index (χ1n) is 10.2. The number of hydrogen-bond acceptors (Lipinski definition) is 5. The van der Waals surface area contributed by atoms with Crippen molar-refractivity contribution in [2.45, 2.75) is 45.1 Å². The summed E-state index contributed by atoms with van der Waals surface area (Å²) >= 11 is 0. The summed E-state index contributed by atoms with van der Waals surface area (Å²) in [5.41, 5.74) is 3.91. The van der Waals surface area contributed by atoms with Crippen LogP contribution >= 0.6 is 13.5 Å². The van der Waals surface area contributed by atoms with Crippen LogP contribution in [-0.2, 0) is 22.7 Å². The first-order valence-corrected chi connectivity index (χ1v) is 10.2. The van der Waals surface area contributed by atoms with E-state index in [0.717, 1.165) is 24.0 Å². The summed E-state index contributed by atoms with van der Waals surface area (Å²) in [5, 5.41) is 8.82. The Morgan fingerprint density at radius 1 is 1.19 bits per heavy atom. The third kappa shape index (κ3) is 5.20. The summed E-state index contributed by atoms with van der Waals surface area (Å²) in [6, 6.07) is 14.9. The zero-order valence-corrected chi connectivity index (χ0v) is 18.4. The number of carbonyl (C=O) groups excluding carboxylic acids is 2. The van der Waals surface area contributed by atoms with E-state index in [0.29, 0.717) is 31.1 Å². The van der Waals surface area contributed by atoms with Gasteiger partial charge in [-0.2, -0.15) is 13.5 Å². The summed E-state index contributed by atoms with van der Waals surface area (Å²) in [4.78, 5) is 26.6. The minimum absolute atomic E-state index is 0. The molecule has 0 spiro atoms. The molecule has 1 atom stereocenters.